The Balaban J connectivity index is 2.00. The highest BCUT2D eigenvalue weighted by Crippen LogP contribution is 2.05. The molecule has 0 aliphatic heterocycles. The largest absolute Gasteiger partial charge is 0.463 e. The molecule has 3 nitrogen and oxygen atoms in total. The summed E-state index contributed by atoms with van der Waals surface area (Å²) in [7, 11) is 0. The van der Waals surface area contributed by atoms with Gasteiger partial charge in [-0.2, -0.15) is 10.2 Å². The van der Waals surface area contributed by atoms with Crippen LogP contribution < -0.4 is 0 Å². The van der Waals surface area contributed by atoms with E-state index in [1.54, 1.807) is 18.7 Å². The van der Waals surface area contributed by atoms with E-state index < -0.39 is 0 Å². The maximum absolute atomic E-state index is 5.08. The van der Waals surface area contributed by atoms with E-state index >= 15 is 0 Å². The molecule has 0 saturated carbocycles. The van der Waals surface area contributed by atoms with Gasteiger partial charge < -0.3 is 4.42 Å². The van der Waals surface area contributed by atoms with Crippen LogP contribution in [-0.4, -0.2) is 12.4 Å². The number of hydrogen-bond acceptors (Lipinski definition) is 3. The van der Waals surface area contributed by atoms with E-state index in [0.717, 1.165) is 5.56 Å². The van der Waals surface area contributed by atoms with Crippen molar-refractivity contribution in [2.75, 3.05) is 0 Å². The van der Waals surface area contributed by atoms with Crippen LogP contribution >= 0.6 is 22.6 Å². The lowest BCUT2D eigenvalue weighted by molar-refractivity contribution is 0.560. The number of furan rings is 1. The molecule has 1 heterocycles. The molecule has 0 radical (unpaired) electrons. The average molecular weight is 324 g/mol. The molecule has 0 bridgehead atoms. The van der Waals surface area contributed by atoms with Crippen molar-refractivity contribution in [2.45, 2.75) is 0 Å². The summed E-state index contributed by atoms with van der Waals surface area (Å²) in [4.78, 5) is 0. The van der Waals surface area contributed by atoms with Gasteiger partial charge in [-0.25, -0.2) is 0 Å². The van der Waals surface area contributed by atoms with Crippen LogP contribution in [0.3, 0.4) is 0 Å². The van der Waals surface area contributed by atoms with Crippen molar-refractivity contribution in [2.24, 2.45) is 10.2 Å². The third-order valence-corrected chi connectivity index (χ3v) is 2.52. The molecular weight excluding hydrogens is 315 g/mol. The van der Waals surface area contributed by atoms with Gasteiger partial charge >= 0.3 is 0 Å². The van der Waals surface area contributed by atoms with Crippen molar-refractivity contribution in [3.63, 3.8) is 0 Å². The van der Waals surface area contributed by atoms with E-state index in [9.17, 15) is 0 Å². The molecule has 0 fully saturated rings. The number of rotatable bonds is 3. The second kappa shape index (κ2) is 5.60. The minimum Gasteiger partial charge on any atom is -0.463 e. The molecule has 0 saturated heterocycles. The van der Waals surface area contributed by atoms with Crippen molar-refractivity contribution in [1.82, 2.24) is 0 Å². The summed E-state index contributed by atoms with van der Waals surface area (Å²) in [6, 6.07) is 11.7. The van der Waals surface area contributed by atoms with Crippen molar-refractivity contribution >= 4 is 35.0 Å². The Hall–Kier alpha value is -1.43. The van der Waals surface area contributed by atoms with Gasteiger partial charge in [0.2, 0.25) is 0 Å². The number of nitrogens with zero attached hydrogens (tertiary/aromatic N) is 2. The number of halogens is 1. The first-order valence-electron chi connectivity index (χ1n) is 4.70. The van der Waals surface area contributed by atoms with E-state index in [4.69, 9.17) is 4.42 Å². The van der Waals surface area contributed by atoms with Crippen LogP contribution in [-0.2, 0) is 0 Å². The molecule has 2 aromatic rings. The second-order valence-electron chi connectivity index (χ2n) is 3.06. The molecule has 16 heavy (non-hydrogen) atoms. The highest BCUT2D eigenvalue weighted by atomic mass is 127. The monoisotopic (exact) mass is 324 g/mol. The van der Waals surface area contributed by atoms with Crippen LogP contribution in [0.4, 0.5) is 0 Å². The summed E-state index contributed by atoms with van der Waals surface area (Å²) >= 11 is 2.26. The fraction of sp³-hybridized carbons (Fsp3) is 0. The first-order chi connectivity index (χ1) is 7.84. The molecular formula is C12H9IN2O. The van der Waals surface area contributed by atoms with Crippen LogP contribution in [0, 0.1) is 3.57 Å². The third kappa shape index (κ3) is 3.30. The summed E-state index contributed by atoms with van der Waals surface area (Å²) < 4.78 is 6.26. The molecule has 1 aromatic heterocycles. The van der Waals surface area contributed by atoms with Crippen molar-refractivity contribution in [3.8, 4) is 0 Å². The van der Waals surface area contributed by atoms with Gasteiger partial charge in [-0.3, -0.25) is 0 Å². The molecule has 0 aliphatic rings. The lowest BCUT2D eigenvalue weighted by atomic mass is 10.2. The van der Waals surface area contributed by atoms with E-state index in [1.807, 2.05) is 36.4 Å². The highest BCUT2D eigenvalue weighted by Gasteiger charge is 1.89. The van der Waals surface area contributed by atoms with Crippen molar-refractivity contribution < 1.29 is 4.42 Å². The summed E-state index contributed by atoms with van der Waals surface area (Å²) in [5.74, 6) is 0.694. The maximum atomic E-state index is 5.08. The number of hydrogen-bond donors (Lipinski definition) is 0. The molecule has 2 rings (SSSR count). The van der Waals surface area contributed by atoms with Gasteiger partial charge in [0.1, 0.15) is 5.76 Å². The molecule has 80 valence electrons. The smallest absolute Gasteiger partial charge is 0.146 e. The summed E-state index contributed by atoms with van der Waals surface area (Å²) in [6.07, 6.45) is 4.89. The van der Waals surface area contributed by atoms with Crippen molar-refractivity contribution in [1.29, 1.82) is 0 Å². The normalized spacial score (nSPS) is 11.6. The molecule has 0 aliphatic carbocycles. The lowest BCUT2D eigenvalue weighted by Gasteiger charge is -1.91. The fourth-order valence-electron chi connectivity index (χ4n) is 1.14. The quantitative estimate of drug-likeness (QED) is 0.485. The predicted molar refractivity (Wildman–Crippen MR) is 73.1 cm³/mol. The van der Waals surface area contributed by atoms with Gasteiger partial charge in [0.15, 0.2) is 0 Å². The third-order valence-electron chi connectivity index (χ3n) is 1.85. The summed E-state index contributed by atoms with van der Waals surface area (Å²) in [6.45, 7) is 0. The van der Waals surface area contributed by atoms with Crippen LogP contribution in [0.25, 0.3) is 0 Å². The highest BCUT2D eigenvalue weighted by molar-refractivity contribution is 14.1. The molecule has 1 aromatic carbocycles. The van der Waals surface area contributed by atoms with Crippen LogP contribution in [0.5, 0.6) is 0 Å². The molecule has 0 N–H and O–H groups in total. The van der Waals surface area contributed by atoms with Crippen molar-refractivity contribution in [3.05, 3.63) is 57.6 Å². The standard InChI is InChI=1S/C12H9IN2O/c13-11-4-1-3-10(7-11)8-14-15-9-12-5-2-6-16-12/h1-9H/b14-8-,15-9-. The van der Waals surface area contributed by atoms with Crippen LogP contribution in [0.15, 0.2) is 57.3 Å². The Bertz CT molecular complexity index is 503. The Labute approximate surface area is 107 Å². The molecule has 0 amide bonds. The van der Waals surface area contributed by atoms with Gasteiger partial charge in [-0.1, -0.05) is 12.1 Å². The Morgan fingerprint density at radius 1 is 1.06 bits per heavy atom. The lowest BCUT2D eigenvalue weighted by Crippen LogP contribution is -1.81. The second-order valence-corrected chi connectivity index (χ2v) is 4.31. The van der Waals surface area contributed by atoms with E-state index in [1.165, 1.54) is 3.57 Å². The molecule has 0 atom stereocenters. The molecule has 4 heteroatoms. The summed E-state index contributed by atoms with van der Waals surface area (Å²) in [5, 5.41) is 7.83. The van der Waals surface area contributed by atoms with Crippen LogP contribution in [0.2, 0.25) is 0 Å². The zero-order valence-corrected chi connectivity index (χ0v) is 10.5. The first-order valence-corrected chi connectivity index (χ1v) is 5.78. The maximum Gasteiger partial charge on any atom is 0.146 e. The Morgan fingerprint density at radius 2 is 1.94 bits per heavy atom. The van der Waals surface area contributed by atoms with E-state index in [0.29, 0.717) is 5.76 Å². The zero-order valence-electron chi connectivity index (χ0n) is 8.38. The SMILES string of the molecule is Ic1cccc(/C=N\N=C/c2ccco2)c1. The van der Waals surface area contributed by atoms with E-state index in [2.05, 4.69) is 32.8 Å². The Kier molecular flexibility index (Phi) is 3.87. The molecule has 0 unspecified atom stereocenters. The first kappa shape index (κ1) is 11.1. The average Bonchev–Trinajstić information content (AvgIpc) is 2.77. The topological polar surface area (TPSA) is 37.9 Å². The fourth-order valence-corrected chi connectivity index (χ4v) is 1.71. The van der Waals surface area contributed by atoms with Gasteiger partial charge in [0.25, 0.3) is 0 Å². The van der Waals surface area contributed by atoms with Gasteiger partial charge in [-0.05, 0) is 52.4 Å². The minimum absolute atomic E-state index is 0.694. The zero-order chi connectivity index (χ0) is 11.2. The molecule has 0 spiro atoms. The van der Waals surface area contributed by atoms with Gasteiger partial charge in [0.05, 0.1) is 18.7 Å². The van der Waals surface area contributed by atoms with Crippen LogP contribution in [0.1, 0.15) is 11.3 Å². The van der Waals surface area contributed by atoms with Gasteiger partial charge in [-0.15, -0.1) is 0 Å². The minimum atomic E-state index is 0.694. The number of benzene rings is 1. The summed E-state index contributed by atoms with van der Waals surface area (Å²) in [5.41, 5.74) is 1.03. The van der Waals surface area contributed by atoms with E-state index in [-0.39, 0.29) is 0 Å². The predicted octanol–water partition coefficient (Wildman–Crippen LogP) is 3.34. The van der Waals surface area contributed by atoms with Gasteiger partial charge in [0, 0.05) is 3.57 Å². The Morgan fingerprint density at radius 3 is 2.69 bits per heavy atom.